The van der Waals surface area contributed by atoms with E-state index in [1.54, 1.807) is 22.2 Å². The molecule has 4 amide bonds. The van der Waals surface area contributed by atoms with Crippen molar-refractivity contribution in [1.82, 2.24) is 44.9 Å². The number of H-pyrrole nitrogens is 2. The molecule has 2 fully saturated rings. The van der Waals surface area contributed by atoms with Crippen LogP contribution in [0, 0.1) is 11.8 Å². The van der Waals surface area contributed by atoms with Crippen LogP contribution in [-0.2, 0) is 14.3 Å². The van der Waals surface area contributed by atoms with E-state index in [4.69, 9.17) is 14.7 Å². The van der Waals surface area contributed by atoms with Crippen LogP contribution in [0.2, 0.25) is 0 Å². The minimum atomic E-state index is -1.13. The minimum absolute atomic E-state index is 0.115. The summed E-state index contributed by atoms with van der Waals surface area (Å²) in [5.74, 6) is 0.745. The number of nitrogens with zero attached hydrogens (tertiary/aromatic N) is 6. The number of imidazole rings is 2. The topological polar surface area (TPSA) is 190 Å². The summed E-state index contributed by atoms with van der Waals surface area (Å²) in [5, 5.41) is 14.4. The summed E-state index contributed by atoms with van der Waals surface area (Å²) in [6.45, 7) is 8.65. The Morgan fingerprint density at radius 3 is 2.07 bits per heavy atom. The van der Waals surface area contributed by atoms with Crippen molar-refractivity contribution in [1.29, 1.82) is 0 Å². The van der Waals surface area contributed by atoms with Crippen LogP contribution < -0.4 is 5.32 Å². The first-order valence-electron chi connectivity index (χ1n) is 19.9. The number of alkyl carbamates (subject to hydrolysis) is 1. The fourth-order valence-electron chi connectivity index (χ4n) is 8.29. The molecule has 304 valence electrons. The molecule has 0 saturated carbocycles. The largest absolute Gasteiger partial charge is 0.465 e. The van der Waals surface area contributed by atoms with E-state index in [0.29, 0.717) is 24.7 Å². The highest BCUT2D eigenvalue weighted by atomic mass is 16.5. The zero-order valence-electron chi connectivity index (χ0n) is 33.7. The molecule has 2 aliphatic rings. The predicted octanol–water partition coefficient (Wildman–Crippen LogP) is 7.02. The van der Waals surface area contributed by atoms with Crippen LogP contribution in [0.15, 0.2) is 67.1 Å². The van der Waals surface area contributed by atoms with Crippen molar-refractivity contribution in [3.05, 3.63) is 78.8 Å². The first kappa shape index (κ1) is 40.0. The smallest absolute Gasteiger partial charge is 0.407 e. The summed E-state index contributed by atoms with van der Waals surface area (Å²) < 4.78 is 4.75. The fraction of sp³-hybridized carbons (Fsp3) is 0.419. The minimum Gasteiger partial charge on any atom is -0.465 e. The molecule has 0 spiro atoms. The number of fused-ring (bicyclic) bond motifs is 1. The fourth-order valence-corrected chi connectivity index (χ4v) is 8.29. The highest BCUT2D eigenvalue weighted by Crippen LogP contribution is 2.36. The first-order valence-corrected chi connectivity index (χ1v) is 19.9. The number of aromatic amines is 2. The molecule has 0 radical (unpaired) electrons. The molecular weight excluding hydrogens is 739 g/mol. The molecule has 58 heavy (non-hydrogen) atoms. The predicted molar refractivity (Wildman–Crippen MR) is 218 cm³/mol. The Kier molecular flexibility index (Phi) is 11.5. The van der Waals surface area contributed by atoms with Gasteiger partial charge >= 0.3 is 12.2 Å². The summed E-state index contributed by atoms with van der Waals surface area (Å²) >= 11 is 0. The average molecular weight is 790 g/mol. The van der Waals surface area contributed by atoms with Crippen LogP contribution in [0.4, 0.5) is 9.59 Å². The Morgan fingerprint density at radius 2 is 1.45 bits per heavy atom. The van der Waals surface area contributed by atoms with Gasteiger partial charge < -0.3 is 34.9 Å². The number of benzene rings is 2. The van der Waals surface area contributed by atoms with Crippen molar-refractivity contribution >= 4 is 34.8 Å². The van der Waals surface area contributed by atoms with Crippen molar-refractivity contribution in [2.45, 2.75) is 77.5 Å². The van der Waals surface area contributed by atoms with Crippen molar-refractivity contribution < 1.29 is 29.0 Å². The molecule has 2 saturated heterocycles. The van der Waals surface area contributed by atoms with Gasteiger partial charge in [0.05, 0.1) is 42.5 Å². The zero-order chi connectivity index (χ0) is 41.2. The first-order chi connectivity index (χ1) is 27.8. The number of amides is 4. The number of carbonyl (C=O) groups is 4. The van der Waals surface area contributed by atoms with Gasteiger partial charge in [-0.25, -0.2) is 19.6 Å². The maximum absolute atomic E-state index is 13.6. The molecule has 0 unspecified atom stereocenters. The SMILES string of the molecule is COC(=O)N[C@H](C(=O)N1CCC[C@H]1c1nc(-c2ccc(-c3ccc4cc(-c5cnc([C@@H]6CCCN6C(=O)[C@H](C(C)C)N(C)C(=O)O)[nH]5)ccc4c3)nc2)c[nH]1)C(C)C. The molecule has 15 heteroatoms. The molecule has 5 aromatic rings. The molecule has 0 bridgehead atoms. The second kappa shape index (κ2) is 16.7. The van der Waals surface area contributed by atoms with Crippen molar-refractivity contribution in [3.63, 3.8) is 0 Å². The Bertz CT molecular complexity index is 2300. The second-order valence-corrected chi connectivity index (χ2v) is 15.9. The summed E-state index contributed by atoms with van der Waals surface area (Å²) in [6, 6.07) is 14.5. The molecule has 0 aliphatic carbocycles. The van der Waals surface area contributed by atoms with Crippen LogP contribution in [0.5, 0.6) is 0 Å². The van der Waals surface area contributed by atoms with E-state index in [2.05, 4.69) is 44.5 Å². The summed E-state index contributed by atoms with van der Waals surface area (Å²) in [4.78, 5) is 76.6. The van der Waals surface area contributed by atoms with Gasteiger partial charge in [0.1, 0.15) is 23.7 Å². The van der Waals surface area contributed by atoms with Crippen molar-refractivity contribution in [2.24, 2.45) is 11.8 Å². The Morgan fingerprint density at radius 1 is 0.810 bits per heavy atom. The lowest BCUT2D eigenvalue weighted by molar-refractivity contribution is -0.138. The number of hydrogen-bond donors (Lipinski definition) is 4. The number of aromatic nitrogens is 5. The monoisotopic (exact) mass is 789 g/mol. The van der Waals surface area contributed by atoms with E-state index < -0.39 is 24.3 Å². The highest BCUT2D eigenvalue weighted by molar-refractivity contribution is 5.90. The van der Waals surface area contributed by atoms with E-state index in [-0.39, 0.29) is 35.7 Å². The van der Waals surface area contributed by atoms with Crippen LogP contribution in [0.1, 0.15) is 77.1 Å². The summed E-state index contributed by atoms with van der Waals surface area (Å²) in [6.07, 6.45) is 6.83. The third kappa shape index (κ3) is 7.98. The average Bonchev–Trinajstić information content (AvgIpc) is 4.06. The molecular formula is C43H51N9O6. The van der Waals surface area contributed by atoms with Gasteiger partial charge in [-0.15, -0.1) is 0 Å². The highest BCUT2D eigenvalue weighted by Gasteiger charge is 2.40. The molecule has 2 aliphatic heterocycles. The van der Waals surface area contributed by atoms with E-state index in [1.807, 2.05) is 58.2 Å². The Balaban J connectivity index is 1.03. The van der Waals surface area contributed by atoms with Gasteiger partial charge in [-0.05, 0) is 72.6 Å². The normalized spacial score (nSPS) is 17.9. The lowest BCUT2D eigenvalue weighted by Crippen LogP contribution is -2.51. The van der Waals surface area contributed by atoms with Gasteiger partial charge in [-0.1, -0.05) is 52.0 Å². The number of pyridine rings is 1. The number of carbonyl (C=O) groups excluding carboxylic acids is 3. The van der Waals surface area contributed by atoms with Crippen molar-refractivity contribution in [2.75, 3.05) is 27.2 Å². The molecule has 2 aromatic carbocycles. The van der Waals surface area contributed by atoms with Gasteiger partial charge in [-0.2, -0.15) is 0 Å². The summed E-state index contributed by atoms with van der Waals surface area (Å²) in [5.41, 5.74) is 5.16. The second-order valence-electron chi connectivity index (χ2n) is 15.9. The van der Waals surface area contributed by atoms with Crippen molar-refractivity contribution in [3.8, 4) is 33.8 Å². The number of nitrogens with one attached hydrogen (secondary N) is 3. The molecule has 4 atom stereocenters. The quantitative estimate of drug-likeness (QED) is 0.109. The maximum atomic E-state index is 13.6. The molecule has 4 N–H and O–H groups in total. The van der Waals surface area contributed by atoms with Crippen LogP contribution >= 0.6 is 0 Å². The molecule has 5 heterocycles. The van der Waals surface area contributed by atoms with E-state index >= 15 is 0 Å². The van der Waals surface area contributed by atoms with Crippen LogP contribution in [0.3, 0.4) is 0 Å². The number of likely N-dealkylation sites (N-methyl/N-ethyl adjacent to an activating group) is 1. The third-order valence-corrected chi connectivity index (χ3v) is 11.4. The van der Waals surface area contributed by atoms with Gasteiger partial charge in [0.2, 0.25) is 11.8 Å². The van der Waals surface area contributed by atoms with Crippen LogP contribution in [-0.4, -0.2) is 108 Å². The number of hydrogen-bond acceptors (Lipinski definition) is 8. The van der Waals surface area contributed by atoms with Gasteiger partial charge in [-0.3, -0.25) is 19.5 Å². The Hall–Kier alpha value is -6.25. The third-order valence-electron chi connectivity index (χ3n) is 11.4. The Labute approximate surface area is 337 Å². The lowest BCUT2D eigenvalue weighted by Gasteiger charge is -2.33. The number of carboxylic acid groups (broad SMARTS) is 1. The van der Waals surface area contributed by atoms with Gasteiger partial charge in [0.25, 0.3) is 0 Å². The van der Waals surface area contributed by atoms with E-state index in [9.17, 15) is 24.3 Å². The summed E-state index contributed by atoms with van der Waals surface area (Å²) in [7, 11) is 2.73. The number of methoxy groups -OCH3 is 1. The van der Waals surface area contributed by atoms with E-state index in [0.717, 1.165) is 75.1 Å². The van der Waals surface area contributed by atoms with E-state index in [1.165, 1.54) is 14.2 Å². The lowest BCUT2D eigenvalue weighted by atomic mass is 10.0. The molecule has 15 nitrogen and oxygen atoms in total. The number of rotatable bonds is 11. The standard InChI is InChI=1S/C43H51N9O6/c1-24(2)36(49-42(55)58-6)40(53)51-17-7-9-34(51)38-46-23-33(48-38)30-15-16-31(44-21-30)28-13-11-27-20-29(14-12-26(27)19-28)32-22-45-39(47-32)35-10-8-18-52(35)41(54)37(25(3)4)50(5)43(56)57/h11-16,19-25,34-37H,7-10,17-18H2,1-6H3,(H,45,47)(H,46,48)(H,49,55)(H,56,57)/t34-,35-,36-,37-/m0/s1. The molecule has 7 rings (SSSR count). The maximum Gasteiger partial charge on any atom is 0.407 e. The number of ether oxygens (including phenoxy) is 1. The zero-order valence-corrected chi connectivity index (χ0v) is 33.7. The number of likely N-dealkylation sites (tertiary alicyclic amines) is 2. The van der Waals surface area contributed by atoms with Gasteiger partial charge in [0, 0.05) is 49.2 Å². The van der Waals surface area contributed by atoms with Gasteiger partial charge in [0.15, 0.2) is 0 Å². The van der Waals surface area contributed by atoms with Crippen LogP contribution in [0.25, 0.3) is 44.5 Å². The molecule has 3 aromatic heterocycles.